The normalized spacial score (nSPS) is 12.4. The third-order valence-electron chi connectivity index (χ3n) is 5.68. The summed E-state index contributed by atoms with van der Waals surface area (Å²) in [6.45, 7) is 0.513. The largest absolute Gasteiger partial charge is 0.324 e. The lowest BCUT2D eigenvalue weighted by Crippen LogP contribution is -2.40. The molecule has 4 amide bonds. The number of H-pyrrole nitrogens is 1. The average molecular weight is 439 g/mol. The molecule has 0 saturated carbocycles. The lowest BCUT2D eigenvalue weighted by molar-refractivity contribution is -0.115. The first-order valence-corrected chi connectivity index (χ1v) is 10.6. The topological polar surface area (TPSA) is 107 Å². The van der Waals surface area contributed by atoms with Crippen LogP contribution in [0.5, 0.6) is 0 Å². The van der Waals surface area contributed by atoms with E-state index in [1.54, 1.807) is 30.3 Å². The standard InChI is InChI=1S/C25H21N5O3/c31-22(13-18-11-6-10-16-7-4-5-12-19(16)18)26-23-20-14-30(15-21(20)28-29-23)25(33)27-24(32)17-8-2-1-3-9-17/h1-12H,13-15H2,(H,27,32,33)(H2,26,28,29,31). The Morgan fingerprint density at radius 1 is 0.909 bits per heavy atom. The highest BCUT2D eigenvalue weighted by Crippen LogP contribution is 2.27. The highest BCUT2D eigenvalue weighted by Gasteiger charge is 2.29. The molecule has 0 radical (unpaired) electrons. The van der Waals surface area contributed by atoms with Crippen molar-refractivity contribution in [2.45, 2.75) is 19.5 Å². The second-order valence-corrected chi connectivity index (χ2v) is 7.87. The molecule has 164 valence electrons. The molecule has 33 heavy (non-hydrogen) atoms. The molecule has 4 aromatic rings. The van der Waals surface area contributed by atoms with Gasteiger partial charge in [0.05, 0.1) is 25.2 Å². The Morgan fingerprint density at radius 2 is 1.67 bits per heavy atom. The molecule has 8 nitrogen and oxygen atoms in total. The van der Waals surface area contributed by atoms with E-state index < -0.39 is 11.9 Å². The second kappa shape index (κ2) is 8.58. The second-order valence-electron chi connectivity index (χ2n) is 7.87. The number of carbonyl (C=O) groups is 3. The van der Waals surface area contributed by atoms with E-state index >= 15 is 0 Å². The van der Waals surface area contributed by atoms with Gasteiger partial charge in [-0.15, -0.1) is 0 Å². The highest BCUT2D eigenvalue weighted by molar-refractivity contribution is 6.04. The summed E-state index contributed by atoms with van der Waals surface area (Å²) in [5.41, 5.74) is 2.81. The third kappa shape index (κ3) is 4.18. The quantitative estimate of drug-likeness (QED) is 0.451. The molecule has 0 saturated heterocycles. The summed E-state index contributed by atoms with van der Waals surface area (Å²) >= 11 is 0. The summed E-state index contributed by atoms with van der Waals surface area (Å²) in [7, 11) is 0. The number of carbonyl (C=O) groups excluding carboxylic acids is 3. The number of aromatic nitrogens is 2. The number of hydrogen-bond acceptors (Lipinski definition) is 4. The van der Waals surface area contributed by atoms with E-state index in [1.807, 2.05) is 42.5 Å². The van der Waals surface area contributed by atoms with E-state index in [-0.39, 0.29) is 25.4 Å². The number of aromatic amines is 1. The summed E-state index contributed by atoms with van der Waals surface area (Å²) in [6, 6.07) is 21.9. The average Bonchev–Trinajstić information content (AvgIpc) is 3.42. The van der Waals surface area contributed by atoms with Crippen molar-refractivity contribution >= 4 is 34.4 Å². The Labute approximate surface area is 189 Å². The van der Waals surface area contributed by atoms with Crippen molar-refractivity contribution in [2.75, 3.05) is 5.32 Å². The van der Waals surface area contributed by atoms with E-state index in [0.29, 0.717) is 11.4 Å². The van der Waals surface area contributed by atoms with Gasteiger partial charge in [0.1, 0.15) is 0 Å². The molecule has 5 rings (SSSR count). The number of urea groups is 1. The van der Waals surface area contributed by atoms with Gasteiger partial charge in [-0.3, -0.25) is 20.0 Å². The fourth-order valence-electron chi connectivity index (χ4n) is 4.02. The highest BCUT2D eigenvalue weighted by atomic mass is 16.2. The smallest absolute Gasteiger partial charge is 0.314 e. The van der Waals surface area contributed by atoms with Gasteiger partial charge in [0.25, 0.3) is 5.91 Å². The lowest BCUT2D eigenvalue weighted by Gasteiger charge is -2.16. The first-order chi connectivity index (χ1) is 16.1. The Balaban J connectivity index is 1.23. The molecular formula is C25H21N5O3. The first-order valence-electron chi connectivity index (χ1n) is 10.6. The van der Waals surface area contributed by atoms with Crippen LogP contribution in [0, 0.1) is 0 Å². The van der Waals surface area contributed by atoms with Crippen LogP contribution in [0.15, 0.2) is 72.8 Å². The van der Waals surface area contributed by atoms with Gasteiger partial charge in [-0.05, 0) is 28.5 Å². The van der Waals surface area contributed by atoms with Gasteiger partial charge in [-0.2, -0.15) is 5.10 Å². The van der Waals surface area contributed by atoms with E-state index in [0.717, 1.165) is 27.6 Å². The first kappa shape index (κ1) is 20.4. The zero-order chi connectivity index (χ0) is 22.8. The Bertz CT molecular complexity index is 1360. The van der Waals surface area contributed by atoms with Crippen LogP contribution in [-0.2, 0) is 24.3 Å². The number of hydrogen-bond donors (Lipinski definition) is 3. The lowest BCUT2D eigenvalue weighted by atomic mass is 10.0. The number of nitrogens with zero attached hydrogens (tertiary/aromatic N) is 2. The van der Waals surface area contributed by atoms with Crippen LogP contribution >= 0.6 is 0 Å². The number of benzene rings is 3. The molecule has 1 aliphatic heterocycles. The summed E-state index contributed by atoms with van der Waals surface area (Å²) in [5, 5.41) is 14.5. The van der Waals surface area contributed by atoms with Gasteiger partial charge in [0, 0.05) is 11.1 Å². The van der Waals surface area contributed by atoms with Crippen LogP contribution in [0.4, 0.5) is 10.6 Å². The minimum Gasteiger partial charge on any atom is -0.314 e. The molecule has 0 aliphatic carbocycles. The number of imide groups is 1. The van der Waals surface area contributed by atoms with Gasteiger partial charge in [-0.25, -0.2) is 4.79 Å². The SMILES string of the molecule is O=C(Cc1cccc2ccccc12)Nc1n[nH]c2c1CN(C(=O)NC(=O)c1ccccc1)C2. The number of amides is 4. The molecule has 2 heterocycles. The molecule has 0 atom stereocenters. The molecule has 8 heteroatoms. The van der Waals surface area contributed by atoms with Gasteiger partial charge < -0.3 is 10.2 Å². The Hall–Kier alpha value is -4.46. The van der Waals surface area contributed by atoms with Gasteiger partial charge in [-0.1, -0.05) is 60.7 Å². The van der Waals surface area contributed by atoms with Crippen molar-refractivity contribution in [1.29, 1.82) is 0 Å². The zero-order valence-corrected chi connectivity index (χ0v) is 17.7. The van der Waals surface area contributed by atoms with Crippen LogP contribution in [0.25, 0.3) is 10.8 Å². The van der Waals surface area contributed by atoms with Crippen LogP contribution in [-0.4, -0.2) is 32.9 Å². The summed E-state index contributed by atoms with van der Waals surface area (Å²) < 4.78 is 0. The molecule has 0 fully saturated rings. The van der Waals surface area contributed by atoms with Crippen molar-refractivity contribution in [2.24, 2.45) is 0 Å². The predicted molar refractivity (Wildman–Crippen MR) is 123 cm³/mol. The maximum atomic E-state index is 12.7. The van der Waals surface area contributed by atoms with Crippen LogP contribution in [0.3, 0.4) is 0 Å². The minimum atomic E-state index is -0.499. The summed E-state index contributed by atoms with van der Waals surface area (Å²) in [6.07, 6.45) is 0.207. The van der Waals surface area contributed by atoms with Crippen molar-refractivity contribution < 1.29 is 14.4 Å². The molecule has 3 aromatic carbocycles. The van der Waals surface area contributed by atoms with E-state index in [2.05, 4.69) is 20.8 Å². The van der Waals surface area contributed by atoms with Gasteiger partial charge in [0.2, 0.25) is 5.91 Å². The molecule has 3 N–H and O–H groups in total. The van der Waals surface area contributed by atoms with Gasteiger partial charge >= 0.3 is 6.03 Å². The Kier molecular flexibility index (Phi) is 5.32. The molecule has 0 bridgehead atoms. The van der Waals surface area contributed by atoms with E-state index in [4.69, 9.17) is 0 Å². The minimum absolute atomic E-state index is 0.192. The molecule has 0 unspecified atom stereocenters. The maximum absolute atomic E-state index is 12.7. The van der Waals surface area contributed by atoms with Crippen LogP contribution in [0.2, 0.25) is 0 Å². The van der Waals surface area contributed by atoms with Crippen LogP contribution in [0.1, 0.15) is 27.2 Å². The fourth-order valence-corrected chi connectivity index (χ4v) is 4.02. The molecule has 1 aliphatic rings. The van der Waals surface area contributed by atoms with Crippen molar-refractivity contribution in [3.63, 3.8) is 0 Å². The molecule has 1 aromatic heterocycles. The van der Waals surface area contributed by atoms with Crippen molar-refractivity contribution in [1.82, 2.24) is 20.4 Å². The fraction of sp³-hybridized carbons (Fsp3) is 0.120. The summed E-state index contributed by atoms with van der Waals surface area (Å²) in [4.78, 5) is 39.1. The molecule has 0 spiro atoms. The number of nitrogens with one attached hydrogen (secondary N) is 3. The number of anilines is 1. The van der Waals surface area contributed by atoms with Crippen molar-refractivity contribution in [3.8, 4) is 0 Å². The van der Waals surface area contributed by atoms with Crippen molar-refractivity contribution in [3.05, 3.63) is 95.2 Å². The van der Waals surface area contributed by atoms with E-state index in [1.165, 1.54) is 4.90 Å². The predicted octanol–water partition coefficient (Wildman–Crippen LogP) is 3.61. The Morgan fingerprint density at radius 3 is 2.52 bits per heavy atom. The third-order valence-corrected chi connectivity index (χ3v) is 5.68. The zero-order valence-electron chi connectivity index (χ0n) is 17.7. The van der Waals surface area contributed by atoms with E-state index in [9.17, 15) is 14.4 Å². The van der Waals surface area contributed by atoms with Crippen LogP contribution < -0.4 is 10.6 Å². The number of fused-ring (bicyclic) bond motifs is 2. The number of rotatable bonds is 4. The van der Waals surface area contributed by atoms with Gasteiger partial charge in [0.15, 0.2) is 5.82 Å². The molecular weight excluding hydrogens is 418 g/mol. The summed E-state index contributed by atoms with van der Waals surface area (Å²) in [5.74, 6) is -0.249. The monoisotopic (exact) mass is 439 g/mol. The maximum Gasteiger partial charge on any atom is 0.324 e.